The minimum Gasteiger partial charge on any atom is -0.726 e. The molecule has 0 aromatic rings. The molecule has 14 heteroatoms. The zero-order valence-corrected chi connectivity index (χ0v) is 13.5. The quantitative estimate of drug-likeness (QED) is 0.289. The predicted octanol–water partition coefficient (Wildman–Crippen LogP) is -3.61. The van der Waals surface area contributed by atoms with Crippen LogP contribution in [0.4, 0.5) is 0 Å². The number of nitrogens with two attached hydrogens (primary N) is 1. The minimum absolute atomic E-state index is 0.365. The van der Waals surface area contributed by atoms with Gasteiger partial charge in [-0.1, -0.05) is 0 Å². The highest BCUT2D eigenvalue weighted by atomic mass is 32.3. The molecular weight excluding hydrogens is 362 g/mol. The van der Waals surface area contributed by atoms with E-state index < -0.39 is 63.8 Å². The van der Waals surface area contributed by atoms with Gasteiger partial charge in [-0.2, -0.15) is 0 Å². The van der Waals surface area contributed by atoms with Gasteiger partial charge in [-0.25, -0.2) is 16.8 Å². The van der Waals surface area contributed by atoms with Gasteiger partial charge in [-0.05, 0) is 6.92 Å². The summed E-state index contributed by atoms with van der Waals surface area (Å²) in [4.78, 5) is 0. The van der Waals surface area contributed by atoms with Crippen LogP contribution >= 0.6 is 0 Å². The molecule has 1 heterocycles. The van der Waals surface area contributed by atoms with Crippen molar-refractivity contribution in [3.63, 3.8) is 0 Å². The molecule has 1 fully saturated rings. The topological polar surface area (TPSA) is 209 Å². The molecule has 1 saturated heterocycles. The zero-order valence-electron chi connectivity index (χ0n) is 11.8. The van der Waals surface area contributed by atoms with Crippen LogP contribution in [0.1, 0.15) is 6.92 Å². The Morgan fingerprint density at radius 2 is 1.83 bits per heavy atom. The molecule has 0 bridgehead atoms. The maximum atomic E-state index is 10.8. The Hall–Kier alpha value is -0.420. The minimum atomic E-state index is -5.21. The summed E-state index contributed by atoms with van der Waals surface area (Å²) < 4.78 is 77.4. The van der Waals surface area contributed by atoms with E-state index >= 15 is 0 Å². The van der Waals surface area contributed by atoms with Crippen LogP contribution in [0, 0.1) is 5.92 Å². The van der Waals surface area contributed by atoms with Crippen LogP contribution in [0.5, 0.6) is 0 Å². The van der Waals surface area contributed by atoms with Gasteiger partial charge in [0.1, 0.15) is 6.10 Å². The summed E-state index contributed by atoms with van der Waals surface area (Å²) in [6, 6.07) is -1.17. The lowest BCUT2D eigenvalue weighted by Crippen LogP contribution is -2.61. The van der Waals surface area contributed by atoms with Crippen molar-refractivity contribution >= 4 is 20.8 Å². The number of hydrogen-bond donors (Lipinski definition) is 3. The van der Waals surface area contributed by atoms with Crippen LogP contribution in [-0.4, -0.2) is 79.8 Å². The second-order valence-corrected chi connectivity index (χ2v) is 7.07. The van der Waals surface area contributed by atoms with E-state index in [0.717, 1.165) is 6.92 Å². The van der Waals surface area contributed by atoms with Gasteiger partial charge in [0.05, 0.1) is 37.6 Å². The third kappa shape index (κ3) is 6.54. The van der Waals surface area contributed by atoms with Crippen molar-refractivity contribution in [2.24, 2.45) is 11.7 Å². The Balaban J connectivity index is 3.08. The zero-order chi connectivity index (χ0) is 18.0. The fourth-order valence-corrected chi connectivity index (χ4v) is 3.10. The molecule has 0 amide bonds. The highest BCUT2D eigenvalue weighted by Crippen LogP contribution is 2.29. The van der Waals surface area contributed by atoms with E-state index in [1.54, 1.807) is 0 Å². The van der Waals surface area contributed by atoms with Crippen molar-refractivity contribution in [1.29, 1.82) is 0 Å². The first kappa shape index (κ1) is 20.6. The fraction of sp³-hybridized carbons (Fsp3) is 1.00. The van der Waals surface area contributed by atoms with Crippen LogP contribution in [0.25, 0.3) is 0 Å². The molecule has 138 valence electrons. The van der Waals surface area contributed by atoms with Crippen molar-refractivity contribution in [2.45, 2.75) is 37.4 Å². The van der Waals surface area contributed by atoms with E-state index in [0.29, 0.717) is 0 Å². The van der Waals surface area contributed by atoms with Crippen molar-refractivity contribution in [1.82, 2.24) is 0 Å². The second kappa shape index (κ2) is 7.64. The lowest BCUT2D eigenvalue weighted by molar-refractivity contribution is -0.160. The van der Waals surface area contributed by atoms with Gasteiger partial charge in [0.2, 0.25) is 20.8 Å². The lowest BCUT2D eigenvalue weighted by atomic mass is 9.83. The molecule has 0 aliphatic carbocycles. The number of aliphatic hydroxyl groups is 2. The van der Waals surface area contributed by atoms with Crippen LogP contribution in [0.2, 0.25) is 0 Å². The molecule has 6 atom stereocenters. The van der Waals surface area contributed by atoms with Crippen molar-refractivity contribution in [3.8, 4) is 0 Å². The van der Waals surface area contributed by atoms with Crippen LogP contribution in [0.3, 0.4) is 0 Å². The number of hydrogen-bond acceptors (Lipinski definition) is 12. The van der Waals surface area contributed by atoms with E-state index in [9.17, 15) is 36.2 Å². The van der Waals surface area contributed by atoms with Crippen LogP contribution in [-0.2, 0) is 33.9 Å². The van der Waals surface area contributed by atoms with Gasteiger partial charge in [-0.15, -0.1) is 0 Å². The normalized spacial score (nSPS) is 32.4. The van der Waals surface area contributed by atoms with Gasteiger partial charge < -0.3 is 29.8 Å². The number of aliphatic hydroxyl groups excluding tert-OH is 2. The van der Waals surface area contributed by atoms with E-state index in [-0.39, 0.29) is 6.61 Å². The van der Waals surface area contributed by atoms with E-state index in [1.807, 2.05) is 0 Å². The summed E-state index contributed by atoms with van der Waals surface area (Å²) >= 11 is 0. The summed E-state index contributed by atoms with van der Waals surface area (Å²) in [5.41, 5.74) is 5.59. The van der Waals surface area contributed by atoms with Gasteiger partial charge >= 0.3 is 0 Å². The average Bonchev–Trinajstić information content (AvgIpc) is 2.36. The van der Waals surface area contributed by atoms with Gasteiger partial charge in [0.25, 0.3) is 0 Å². The standard InChI is InChI=1S/C9H19NO11S2/c1-4(11)8(12)7-6(3-20-22(13,14)15)19-2-5(10)9(7)21-23(16,17)18/h4-9,11-12H,2-3,10H2,1H3,(H,13,14,15)(H,16,17,18)/p-2/t4?,5?,6?,7-,8?,9-/m0/s1. The monoisotopic (exact) mass is 379 g/mol. The second-order valence-electron chi connectivity index (χ2n) is 5.01. The summed E-state index contributed by atoms with van der Waals surface area (Å²) in [5, 5.41) is 19.5. The molecule has 0 saturated carbocycles. The molecule has 0 radical (unpaired) electrons. The highest BCUT2D eigenvalue weighted by molar-refractivity contribution is 7.81. The Kier molecular flexibility index (Phi) is 6.85. The third-order valence-electron chi connectivity index (χ3n) is 3.23. The number of ether oxygens (including phenoxy) is 1. The Bertz CT molecular complexity index is 589. The third-order valence-corrected chi connectivity index (χ3v) is 4.11. The predicted molar refractivity (Wildman–Crippen MR) is 69.1 cm³/mol. The molecule has 1 aliphatic rings. The first-order chi connectivity index (χ1) is 10.3. The molecule has 1 rings (SSSR count). The van der Waals surface area contributed by atoms with Crippen LogP contribution < -0.4 is 5.73 Å². The molecule has 0 spiro atoms. The average molecular weight is 379 g/mol. The molecule has 4 N–H and O–H groups in total. The molecule has 0 aromatic heterocycles. The molecule has 0 aromatic carbocycles. The van der Waals surface area contributed by atoms with Crippen molar-refractivity contribution < 1.29 is 49.3 Å². The summed E-state index contributed by atoms with van der Waals surface area (Å²) in [7, 11) is -10.3. The van der Waals surface area contributed by atoms with Gasteiger partial charge in [-0.3, -0.25) is 8.37 Å². The Labute approximate surface area is 133 Å². The van der Waals surface area contributed by atoms with E-state index in [2.05, 4.69) is 8.37 Å². The van der Waals surface area contributed by atoms with Gasteiger partial charge in [0, 0.05) is 5.92 Å². The fourth-order valence-electron chi connectivity index (χ4n) is 2.25. The first-order valence-corrected chi connectivity index (χ1v) is 8.96. The summed E-state index contributed by atoms with van der Waals surface area (Å²) in [6.07, 6.45) is -6.11. The Morgan fingerprint density at radius 1 is 1.26 bits per heavy atom. The largest absolute Gasteiger partial charge is 0.726 e. The molecule has 23 heavy (non-hydrogen) atoms. The maximum absolute atomic E-state index is 10.8. The highest BCUT2D eigenvalue weighted by Gasteiger charge is 2.46. The van der Waals surface area contributed by atoms with Crippen molar-refractivity contribution in [3.05, 3.63) is 0 Å². The Morgan fingerprint density at radius 3 is 2.26 bits per heavy atom. The maximum Gasteiger partial charge on any atom is 0.217 e. The molecule has 4 unspecified atom stereocenters. The van der Waals surface area contributed by atoms with E-state index in [4.69, 9.17) is 10.5 Å². The number of rotatable bonds is 7. The molecule has 1 aliphatic heterocycles. The molecule has 12 nitrogen and oxygen atoms in total. The SMILES string of the molecule is CC(O)C(O)[C@@H]1C(COS(=O)(=O)[O-])OCC(N)[C@@H]1OS(=O)(=O)[O-]. The summed E-state index contributed by atoms with van der Waals surface area (Å²) in [5.74, 6) is -1.44. The molecular formula is C9H17NO11S2-2. The van der Waals surface area contributed by atoms with Gasteiger partial charge in [0.15, 0.2) is 0 Å². The van der Waals surface area contributed by atoms with Crippen molar-refractivity contribution in [2.75, 3.05) is 13.2 Å². The first-order valence-electron chi connectivity index (χ1n) is 6.29. The van der Waals surface area contributed by atoms with Crippen LogP contribution in [0.15, 0.2) is 0 Å². The summed E-state index contributed by atoms with van der Waals surface area (Å²) in [6.45, 7) is -0.0995. The smallest absolute Gasteiger partial charge is 0.217 e. The lowest BCUT2D eigenvalue weighted by Gasteiger charge is -2.43. The van der Waals surface area contributed by atoms with E-state index in [1.165, 1.54) is 0 Å².